The van der Waals surface area contributed by atoms with E-state index in [-0.39, 0.29) is 11.7 Å². The number of amides is 1. The molecule has 114 valence electrons. The fourth-order valence-electron chi connectivity index (χ4n) is 2.51. The minimum absolute atomic E-state index is 0.126. The molecular formula is C16H22FN3O. The van der Waals surface area contributed by atoms with Crippen molar-refractivity contribution in [3.63, 3.8) is 0 Å². The molecule has 0 aliphatic carbocycles. The zero-order valence-electron chi connectivity index (χ0n) is 12.2. The smallest absolute Gasteiger partial charge is 0.243 e. The lowest BCUT2D eigenvalue weighted by Crippen LogP contribution is -2.47. The number of rotatable bonds is 6. The lowest BCUT2D eigenvalue weighted by molar-refractivity contribution is -0.116. The fraction of sp³-hybridized carbons (Fsp3) is 0.438. The van der Waals surface area contributed by atoms with Crippen molar-refractivity contribution >= 4 is 11.6 Å². The molecule has 0 saturated carbocycles. The topological polar surface area (TPSA) is 35.6 Å². The number of nitrogens with zero attached hydrogens (tertiary/aromatic N) is 2. The quantitative estimate of drug-likeness (QED) is 0.639. The Morgan fingerprint density at radius 3 is 2.67 bits per heavy atom. The molecule has 0 unspecified atom stereocenters. The second-order valence-corrected chi connectivity index (χ2v) is 5.13. The second kappa shape index (κ2) is 7.78. The number of carbonyl (C=O) groups excluding carboxylic acids is 1. The number of piperazine rings is 1. The Hall–Kier alpha value is -1.88. The zero-order valence-corrected chi connectivity index (χ0v) is 12.2. The summed E-state index contributed by atoms with van der Waals surface area (Å²) in [5.74, 6) is -0.280. The molecule has 21 heavy (non-hydrogen) atoms. The number of carbonyl (C=O) groups is 1. The Morgan fingerprint density at radius 2 is 2.00 bits per heavy atom. The number of benzene rings is 1. The van der Waals surface area contributed by atoms with Crippen molar-refractivity contribution < 1.29 is 9.18 Å². The summed E-state index contributed by atoms with van der Waals surface area (Å²) in [7, 11) is 0. The van der Waals surface area contributed by atoms with E-state index in [1.54, 1.807) is 6.07 Å². The lowest BCUT2D eigenvalue weighted by atomic mass is 10.2. The first-order chi connectivity index (χ1) is 10.2. The minimum Gasteiger partial charge on any atom is -0.367 e. The molecule has 1 aromatic rings. The van der Waals surface area contributed by atoms with E-state index in [1.807, 2.05) is 12.1 Å². The van der Waals surface area contributed by atoms with Crippen LogP contribution in [0.2, 0.25) is 0 Å². The molecule has 0 atom stereocenters. The Kier molecular flexibility index (Phi) is 5.75. The third-order valence-electron chi connectivity index (χ3n) is 3.70. The summed E-state index contributed by atoms with van der Waals surface area (Å²) in [6.45, 7) is 8.53. The Bertz CT molecular complexity index is 484. The summed E-state index contributed by atoms with van der Waals surface area (Å²) >= 11 is 0. The van der Waals surface area contributed by atoms with Crippen molar-refractivity contribution in [1.82, 2.24) is 10.2 Å². The highest BCUT2D eigenvalue weighted by molar-refractivity contribution is 5.86. The van der Waals surface area contributed by atoms with E-state index in [0.29, 0.717) is 12.2 Å². The minimum atomic E-state index is -0.155. The van der Waals surface area contributed by atoms with Crippen molar-refractivity contribution in [3.05, 3.63) is 42.7 Å². The van der Waals surface area contributed by atoms with Gasteiger partial charge in [-0.2, -0.15) is 0 Å². The first-order valence-corrected chi connectivity index (χ1v) is 7.33. The molecule has 0 aromatic heterocycles. The molecule has 1 aromatic carbocycles. The summed E-state index contributed by atoms with van der Waals surface area (Å²) in [5.41, 5.74) is 0.690. The van der Waals surface area contributed by atoms with Crippen LogP contribution >= 0.6 is 0 Å². The Morgan fingerprint density at radius 1 is 1.29 bits per heavy atom. The molecule has 1 aliphatic rings. The standard InChI is InChI=1S/C16H22FN3O/c1-2-16(21)18-8-5-9-19-10-12-20(13-11-19)15-7-4-3-6-14(15)17/h2-4,6-7H,1,5,8-13H2,(H,18,21). The van der Waals surface area contributed by atoms with Crippen LogP contribution in [0.15, 0.2) is 36.9 Å². The maximum Gasteiger partial charge on any atom is 0.243 e. The molecule has 1 aliphatic heterocycles. The monoisotopic (exact) mass is 291 g/mol. The van der Waals surface area contributed by atoms with Crippen molar-refractivity contribution in [2.45, 2.75) is 6.42 Å². The van der Waals surface area contributed by atoms with Gasteiger partial charge in [0.25, 0.3) is 0 Å². The molecule has 1 N–H and O–H groups in total. The van der Waals surface area contributed by atoms with E-state index >= 15 is 0 Å². The first-order valence-electron chi connectivity index (χ1n) is 7.33. The predicted molar refractivity (Wildman–Crippen MR) is 82.9 cm³/mol. The van der Waals surface area contributed by atoms with Crippen LogP contribution in [-0.4, -0.2) is 50.1 Å². The summed E-state index contributed by atoms with van der Waals surface area (Å²) in [6.07, 6.45) is 2.20. The van der Waals surface area contributed by atoms with Gasteiger partial charge in [0.2, 0.25) is 5.91 Å². The van der Waals surface area contributed by atoms with Crippen LogP contribution in [0.1, 0.15) is 6.42 Å². The van der Waals surface area contributed by atoms with E-state index in [4.69, 9.17) is 0 Å². The third-order valence-corrected chi connectivity index (χ3v) is 3.70. The highest BCUT2D eigenvalue weighted by Gasteiger charge is 2.18. The van der Waals surface area contributed by atoms with Gasteiger partial charge in [-0.15, -0.1) is 0 Å². The van der Waals surface area contributed by atoms with Crippen LogP contribution in [-0.2, 0) is 4.79 Å². The normalized spacial score (nSPS) is 15.8. The number of hydrogen-bond donors (Lipinski definition) is 1. The van der Waals surface area contributed by atoms with Gasteiger partial charge in [0.1, 0.15) is 5.82 Å². The van der Waals surface area contributed by atoms with E-state index < -0.39 is 0 Å². The van der Waals surface area contributed by atoms with Gasteiger partial charge in [0.05, 0.1) is 5.69 Å². The average Bonchev–Trinajstić information content (AvgIpc) is 2.52. The predicted octanol–water partition coefficient (Wildman–Crippen LogP) is 1.64. The molecular weight excluding hydrogens is 269 g/mol. The summed E-state index contributed by atoms with van der Waals surface area (Å²) in [4.78, 5) is 15.4. The molecule has 1 saturated heterocycles. The van der Waals surface area contributed by atoms with Gasteiger partial charge in [-0.05, 0) is 31.2 Å². The summed E-state index contributed by atoms with van der Waals surface area (Å²) in [5, 5.41) is 2.77. The maximum absolute atomic E-state index is 13.7. The SMILES string of the molecule is C=CC(=O)NCCCN1CCN(c2ccccc2F)CC1. The van der Waals surface area contributed by atoms with Crippen molar-refractivity contribution in [2.24, 2.45) is 0 Å². The lowest BCUT2D eigenvalue weighted by Gasteiger charge is -2.36. The second-order valence-electron chi connectivity index (χ2n) is 5.13. The van der Waals surface area contributed by atoms with Crippen LogP contribution in [0.5, 0.6) is 0 Å². The molecule has 1 amide bonds. The molecule has 0 radical (unpaired) electrons. The highest BCUT2D eigenvalue weighted by Crippen LogP contribution is 2.19. The van der Waals surface area contributed by atoms with Crippen molar-refractivity contribution in [3.8, 4) is 0 Å². The highest BCUT2D eigenvalue weighted by atomic mass is 19.1. The van der Waals surface area contributed by atoms with Crippen LogP contribution < -0.4 is 10.2 Å². The molecule has 1 fully saturated rings. The van der Waals surface area contributed by atoms with Crippen LogP contribution in [0.25, 0.3) is 0 Å². The fourth-order valence-corrected chi connectivity index (χ4v) is 2.51. The molecule has 0 spiro atoms. The Labute approximate surface area is 125 Å². The third kappa shape index (κ3) is 4.56. The molecule has 2 rings (SSSR count). The van der Waals surface area contributed by atoms with Gasteiger partial charge in [0.15, 0.2) is 0 Å². The summed E-state index contributed by atoms with van der Waals surface area (Å²) < 4.78 is 13.7. The van der Waals surface area contributed by atoms with Crippen LogP contribution in [0.4, 0.5) is 10.1 Å². The molecule has 1 heterocycles. The summed E-state index contributed by atoms with van der Waals surface area (Å²) in [6, 6.07) is 6.92. The van der Waals surface area contributed by atoms with Gasteiger partial charge in [-0.3, -0.25) is 9.69 Å². The maximum atomic E-state index is 13.7. The molecule has 5 heteroatoms. The zero-order chi connectivity index (χ0) is 15.1. The van der Waals surface area contributed by atoms with E-state index in [0.717, 1.165) is 39.1 Å². The van der Waals surface area contributed by atoms with Gasteiger partial charge in [0, 0.05) is 32.7 Å². The van der Waals surface area contributed by atoms with E-state index in [1.165, 1.54) is 12.1 Å². The van der Waals surface area contributed by atoms with Gasteiger partial charge >= 0.3 is 0 Å². The van der Waals surface area contributed by atoms with Crippen LogP contribution in [0, 0.1) is 5.82 Å². The number of halogens is 1. The van der Waals surface area contributed by atoms with E-state index in [2.05, 4.69) is 21.7 Å². The number of nitrogens with one attached hydrogen (secondary N) is 1. The van der Waals surface area contributed by atoms with E-state index in [9.17, 15) is 9.18 Å². The van der Waals surface area contributed by atoms with Crippen molar-refractivity contribution in [1.29, 1.82) is 0 Å². The molecule has 0 bridgehead atoms. The molecule has 4 nitrogen and oxygen atoms in total. The van der Waals surface area contributed by atoms with Crippen LogP contribution in [0.3, 0.4) is 0 Å². The number of anilines is 1. The largest absolute Gasteiger partial charge is 0.367 e. The first kappa shape index (κ1) is 15.5. The number of para-hydroxylation sites is 1. The van der Waals surface area contributed by atoms with Crippen molar-refractivity contribution in [2.75, 3.05) is 44.2 Å². The van der Waals surface area contributed by atoms with Gasteiger partial charge in [-0.1, -0.05) is 18.7 Å². The van der Waals surface area contributed by atoms with Gasteiger partial charge in [-0.25, -0.2) is 4.39 Å². The van der Waals surface area contributed by atoms with Gasteiger partial charge < -0.3 is 10.2 Å². The Balaban J connectivity index is 1.70. The average molecular weight is 291 g/mol. The number of hydrogen-bond acceptors (Lipinski definition) is 3.